The molecule has 5 nitrogen and oxygen atoms in total. The molecule has 1 aromatic rings. The Hall–Kier alpha value is -1.52. The fraction of sp³-hybridized carbons (Fsp3) is 0.636. The van der Waals surface area contributed by atoms with Crippen molar-refractivity contribution in [1.29, 1.82) is 0 Å². The van der Waals surface area contributed by atoms with Gasteiger partial charge in [0.2, 0.25) is 0 Å². The molecular weight excluding hydrogens is 210 g/mol. The van der Waals surface area contributed by atoms with Gasteiger partial charge < -0.3 is 14.0 Å². The van der Waals surface area contributed by atoms with E-state index in [0.717, 1.165) is 5.56 Å². The standard InChI is InChI=1S/C11H17NO4/c1-4-14-10(13)7-6-9-8(3)16-12-11(9)15-5-2/h4-7H2,1-3H3. The van der Waals surface area contributed by atoms with Gasteiger partial charge in [-0.2, -0.15) is 0 Å². The lowest BCUT2D eigenvalue weighted by molar-refractivity contribution is -0.143. The first kappa shape index (κ1) is 12.5. The van der Waals surface area contributed by atoms with Gasteiger partial charge >= 0.3 is 5.97 Å². The molecule has 0 spiro atoms. The van der Waals surface area contributed by atoms with Crippen LogP contribution in [-0.4, -0.2) is 24.3 Å². The SMILES string of the molecule is CCOC(=O)CCc1c(OCC)noc1C. The quantitative estimate of drug-likeness (QED) is 0.694. The number of rotatable bonds is 6. The molecular formula is C11H17NO4. The molecule has 0 bridgehead atoms. The van der Waals surface area contributed by atoms with Gasteiger partial charge in [0.25, 0.3) is 5.88 Å². The number of hydrogen-bond donors (Lipinski definition) is 0. The first-order valence-corrected chi connectivity index (χ1v) is 5.42. The van der Waals surface area contributed by atoms with Crippen molar-refractivity contribution in [3.05, 3.63) is 11.3 Å². The molecule has 1 heterocycles. The summed E-state index contributed by atoms with van der Waals surface area (Å²) in [6.07, 6.45) is 0.847. The maximum Gasteiger partial charge on any atom is 0.306 e. The molecule has 0 saturated heterocycles. The highest BCUT2D eigenvalue weighted by atomic mass is 16.5. The number of nitrogens with zero attached hydrogens (tertiary/aromatic N) is 1. The monoisotopic (exact) mass is 227 g/mol. The Kier molecular flexibility index (Phi) is 4.82. The molecule has 0 aliphatic carbocycles. The minimum Gasteiger partial charge on any atom is -0.476 e. The normalized spacial score (nSPS) is 10.2. The van der Waals surface area contributed by atoms with Crippen LogP contribution in [0.1, 0.15) is 31.6 Å². The molecule has 90 valence electrons. The molecule has 5 heteroatoms. The smallest absolute Gasteiger partial charge is 0.306 e. The largest absolute Gasteiger partial charge is 0.476 e. The zero-order valence-corrected chi connectivity index (χ0v) is 9.91. The summed E-state index contributed by atoms with van der Waals surface area (Å²) >= 11 is 0. The van der Waals surface area contributed by atoms with Crippen molar-refractivity contribution in [2.45, 2.75) is 33.6 Å². The fourth-order valence-corrected chi connectivity index (χ4v) is 1.36. The number of aryl methyl sites for hydroxylation is 1. The van der Waals surface area contributed by atoms with E-state index in [0.29, 0.717) is 37.7 Å². The van der Waals surface area contributed by atoms with E-state index in [1.54, 1.807) is 13.8 Å². The summed E-state index contributed by atoms with van der Waals surface area (Å²) in [5, 5.41) is 3.78. The van der Waals surface area contributed by atoms with Gasteiger partial charge in [0.05, 0.1) is 18.8 Å². The van der Waals surface area contributed by atoms with E-state index >= 15 is 0 Å². The third-order valence-electron chi connectivity index (χ3n) is 2.11. The predicted molar refractivity (Wildman–Crippen MR) is 57.4 cm³/mol. The van der Waals surface area contributed by atoms with Crippen LogP contribution in [0.4, 0.5) is 0 Å². The first-order chi connectivity index (χ1) is 7.69. The molecule has 16 heavy (non-hydrogen) atoms. The molecule has 0 radical (unpaired) electrons. The van der Waals surface area contributed by atoms with Crippen LogP contribution in [0.5, 0.6) is 5.88 Å². The van der Waals surface area contributed by atoms with Crippen molar-refractivity contribution in [1.82, 2.24) is 5.16 Å². The molecule has 0 aliphatic heterocycles. The number of ether oxygens (including phenoxy) is 2. The van der Waals surface area contributed by atoms with Gasteiger partial charge in [-0.1, -0.05) is 0 Å². The number of hydrogen-bond acceptors (Lipinski definition) is 5. The van der Waals surface area contributed by atoms with E-state index < -0.39 is 0 Å². The van der Waals surface area contributed by atoms with Crippen LogP contribution in [0.3, 0.4) is 0 Å². The summed E-state index contributed by atoms with van der Waals surface area (Å²) in [7, 11) is 0. The van der Waals surface area contributed by atoms with Crippen LogP contribution in [0.25, 0.3) is 0 Å². The number of carbonyl (C=O) groups is 1. The van der Waals surface area contributed by atoms with Crippen molar-refractivity contribution in [2.24, 2.45) is 0 Å². The Morgan fingerprint density at radius 1 is 1.38 bits per heavy atom. The maximum absolute atomic E-state index is 11.2. The van der Waals surface area contributed by atoms with Crippen LogP contribution in [-0.2, 0) is 16.0 Å². The zero-order chi connectivity index (χ0) is 12.0. The van der Waals surface area contributed by atoms with Crippen LogP contribution in [0.15, 0.2) is 4.52 Å². The lowest BCUT2D eigenvalue weighted by atomic mass is 10.1. The van der Waals surface area contributed by atoms with Gasteiger partial charge in [0.15, 0.2) is 0 Å². The second-order valence-corrected chi connectivity index (χ2v) is 3.26. The Bertz CT molecular complexity index is 346. The van der Waals surface area contributed by atoms with E-state index in [-0.39, 0.29) is 5.97 Å². The second-order valence-electron chi connectivity index (χ2n) is 3.26. The number of aromatic nitrogens is 1. The van der Waals surface area contributed by atoms with Crippen LogP contribution >= 0.6 is 0 Å². The van der Waals surface area contributed by atoms with Crippen LogP contribution in [0, 0.1) is 6.92 Å². The zero-order valence-electron chi connectivity index (χ0n) is 9.91. The highest BCUT2D eigenvalue weighted by molar-refractivity contribution is 5.69. The topological polar surface area (TPSA) is 61.6 Å². The highest BCUT2D eigenvalue weighted by Crippen LogP contribution is 2.22. The van der Waals surface area contributed by atoms with E-state index in [9.17, 15) is 4.79 Å². The van der Waals surface area contributed by atoms with E-state index in [1.807, 2.05) is 6.92 Å². The van der Waals surface area contributed by atoms with E-state index in [1.165, 1.54) is 0 Å². The Balaban J connectivity index is 2.58. The van der Waals surface area contributed by atoms with Crippen molar-refractivity contribution >= 4 is 5.97 Å². The molecule has 1 aromatic heterocycles. The van der Waals surface area contributed by atoms with Gasteiger partial charge in [0, 0.05) is 6.42 Å². The number of esters is 1. The third-order valence-corrected chi connectivity index (χ3v) is 2.11. The van der Waals surface area contributed by atoms with Crippen molar-refractivity contribution < 1.29 is 18.8 Å². The molecule has 0 amide bonds. The summed E-state index contributed by atoms with van der Waals surface area (Å²) in [5.41, 5.74) is 0.843. The average molecular weight is 227 g/mol. The first-order valence-electron chi connectivity index (χ1n) is 5.42. The van der Waals surface area contributed by atoms with E-state index in [2.05, 4.69) is 5.16 Å². The van der Waals surface area contributed by atoms with Crippen molar-refractivity contribution in [3.63, 3.8) is 0 Å². The van der Waals surface area contributed by atoms with Crippen molar-refractivity contribution in [3.8, 4) is 5.88 Å². The fourth-order valence-electron chi connectivity index (χ4n) is 1.36. The van der Waals surface area contributed by atoms with Crippen LogP contribution in [0.2, 0.25) is 0 Å². The Labute approximate surface area is 94.7 Å². The van der Waals surface area contributed by atoms with Gasteiger partial charge in [-0.05, 0) is 32.3 Å². The second kappa shape index (κ2) is 6.15. The molecule has 1 rings (SSSR count). The summed E-state index contributed by atoms with van der Waals surface area (Å²) in [5.74, 6) is 0.947. The minimum absolute atomic E-state index is 0.217. The minimum atomic E-state index is -0.217. The lowest BCUT2D eigenvalue weighted by Crippen LogP contribution is -2.06. The molecule has 0 unspecified atom stereocenters. The lowest BCUT2D eigenvalue weighted by Gasteiger charge is -2.03. The highest BCUT2D eigenvalue weighted by Gasteiger charge is 2.15. The molecule has 0 fully saturated rings. The summed E-state index contributed by atoms with van der Waals surface area (Å²) in [6, 6.07) is 0. The summed E-state index contributed by atoms with van der Waals surface area (Å²) in [4.78, 5) is 11.2. The molecule has 0 N–H and O–H groups in total. The van der Waals surface area contributed by atoms with Gasteiger partial charge in [-0.15, -0.1) is 0 Å². The summed E-state index contributed by atoms with van der Waals surface area (Å²) < 4.78 is 15.2. The van der Waals surface area contributed by atoms with Gasteiger partial charge in [-0.3, -0.25) is 4.79 Å². The number of carbonyl (C=O) groups excluding carboxylic acids is 1. The Morgan fingerprint density at radius 3 is 2.75 bits per heavy atom. The molecule has 0 aliphatic rings. The molecule has 0 saturated carbocycles. The third kappa shape index (κ3) is 3.25. The maximum atomic E-state index is 11.2. The Morgan fingerprint density at radius 2 is 2.12 bits per heavy atom. The van der Waals surface area contributed by atoms with Gasteiger partial charge in [0.1, 0.15) is 5.76 Å². The van der Waals surface area contributed by atoms with Crippen molar-refractivity contribution in [2.75, 3.05) is 13.2 Å². The predicted octanol–water partition coefficient (Wildman–Crippen LogP) is 1.88. The average Bonchev–Trinajstić information content (AvgIpc) is 2.58. The van der Waals surface area contributed by atoms with Crippen LogP contribution < -0.4 is 4.74 Å². The van der Waals surface area contributed by atoms with E-state index in [4.69, 9.17) is 14.0 Å². The van der Waals surface area contributed by atoms with Gasteiger partial charge in [-0.25, -0.2) is 0 Å². The molecule has 0 aromatic carbocycles. The summed E-state index contributed by atoms with van der Waals surface area (Å²) in [6.45, 7) is 6.39. The molecule has 0 atom stereocenters.